The highest BCUT2D eigenvalue weighted by atomic mass is 16.3. The van der Waals surface area contributed by atoms with Crippen molar-refractivity contribution >= 4 is 45.9 Å². The summed E-state index contributed by atoms with van der Waals surface area (Å²) in [6.45, 7) is 0. The summed E-state index contributed by atoms with van der Waals surface area (Å²) in [6, 6.07) is 0. The molecule has 6 N–H and O–H groups in total. The van der Waals surface area contributed by atoms with Crippen LogP contribution in [0.1, 0.15) is 25.7 Å². The van der Waals surface area contributed by atoms with Crippen molar-refractivity contribution in [2.75, 3.05) is 21.3 Å². The van der Waals surface area contributed by atoms with Crippen LogP contribution in [-0.4, -0.2) is 33.3 Å². The fourth-order valence-electron chi connectivity index (χ4n) is 3.85. The Morgan fingerprint density at radius 2 is 0.750 bits per heavy atom. The van der Waals surface area contributed by atoms with Crippen LogP contribution in [0, 0.1) is 0 Å². The van der Waals surface area contributed by atoms with Crippen molar-refractivity contribution in [1.82, 2.24) is 0 Å². The first-order valence-corrected chi connectivity index (χ1v) is 8.68. The van der Waals surface area contributed by atoms with E-state index in [1.807, 2.05) is 0 Å². The molecule has 2 aliphatic carbocycles. The molecule has 0 saturated heterocycles. The molecule has 0 unspecified atom stereocenters. The number of Topliss-reactive ketones (excluding diaryl/α,β-unsaturated/α-hetero) is 4. The number of hydrogen-bond donors (Lipinski definition) is 6. The van der Waals surface area contributed by atoms with Gasteiger partial charge in [0, 0.05) is 25.7 Å². The van der Waals surface area contributed by atoms with Crippen LogP contribution < -0.4 is 21.3 Å². The van der Waals surface area contributed by atoms with E-state index >= 15 is 0 Å². The van der Waals surface area contributed by atoms with Crippen LogP contribution in [0.15, 0.2) is 22.8 Å². The van der Waals surface area contributed by atoms with Crippen LogP contribution in [0.2, 0.25) is 0 Å². The van der Waals surface area contributed by atoms with Crippen molar-refractivity contribution in [3.05, 3.63) is 22.8 Å². The Hall–Kier alpha value is -3.82. The van der Waals surface area contributed by atoms with Crippen LogP contribution in [0.4, 0.5) is 22.7 Å². The van der Waals surface area contributed by atoms with Crippen LogP contribution in [0.3, 0.4) is 0 Å². The molecule has 28 heavy (non-hydrogen) atoms. The number of hydrogen-bond acceptors (Lipinski definition) is 10. The van der Waals surface area contributed by atoms with E-state index in [4.69, 9.17) is 0 Å². The number of phenols is 2. The molecule has 0 amide bonds. The standard InChI is InChI=1S/C18H14N4O6/c23-5-1-2-6(24)9(5)17-19-11-12(20-17)16(28)14-13(15(11)27)21-18(22-14)10-7(25)3-4-8(10)26/h19-22,27-28H,1-4H2. The Kier molecular flexibility index (Phi) is 3.12. The SMILES string of the molecule is O=C1CCC(=O)C1=C1Nc2c(O)c3c(c(O)c2N1)NC(=C1C(=O)CCC1=O)N3. The molecule has 2 fully saturated rings. The Labute approximate surface area is 157 Å². The molecule has 4 aliphatic rings. The quantitative estimate of drug-likeness (QED) is 0.166. The van der Waals surface area contributed by atoms with E-state index in [9.17, 15) is 29.4 Å². The van der Waals surface area contributed by atoms with Crippen LogP contribution >= 0.6 is 0 Å². The highest BCUT2D eigenvalue weighted by Crippen LogP contribution is 2.57. The average molecular weight is 382 g/mol. The Balaban J connectivity index is 1.60. The number of aromatic hydroxyl groups is 2. The second-order valence-electron chi connectivity index (χ2n) is 6.89. The van der Waals surface area contributed by atoms with E-state index in [-0.39, 0.29) is 106 Å². The molecule has 0 atom stereocenters. The van der Waals surface area contributed by atoms with Crippen LogP contribution in [-0.2, 0) is 19.2 Å². The first-order chi connectivity index (χ1) is 13.4. The highest BCUT2D eigenvalue weighted by Gasteiger charge is 2.39. The number of nitrogens with one attached hydrogen (secondary N) is 4. The zero-order valence-electron chi connectivity index (χ0n) is 14.4. The summed E-state index contributed by atoms with van der Waals surface area (Å²) < 4.78 is 0. The zero-order valence-corrected chi connectivity index (χ0v) is 14.4. The smallest absolute Gasteiger partial charge is 0.170 e. The molecular weight excluding hydrogens is 368 g/mol. The van der Waals surface area contributed by atoms with Gasteiger partial charge in [-0.15, -0.1) is 0 Å². The van der Waals surface area contributed by atoms with Gasteiger partial charge in [0.15, 0.2) is 34.6 Å². The molecule has 0 spiro atoms. The predicted molar refractivity (Wildman–Crippen MR) is 96.8 cm³/mol. The van der Waals surface area contributed by atoms with Gasteiger partial charge in [-0.05, 0) is 0 Å². The maximum Gasteiger partial charge on any atom is 0.170 e. The number of ketones is 4. The molecule has 10 heteroatoms. The molecule has 10 nitrogen and oxygen atoms in total. The minimum absolute atomic E-state index is 0.0268. The third-order valence-electron chi connectivity index (χ3n) is 5.22. The van der Waals surface area contributed by atoms with Gasteiger partial charge in [0.2, 0.25) is 0 Å². The Bertz CT molecular complexity index is 950. The maximum atomic E-state index is 12.0. The lowest BCUT2D eigenvalue weighted by Gasteiger charge is -2.09. The Morgan fingerprint density at radius 3 is 1.00 bits per heavy atom. The number of rotatable bonds is 0. The Morgan fingerprint density at radius 1 is 0.500 bits per heavy atom. The number of carbonyl (C=O) groups excluding carboxylic acids is 4. The van der Waals surface area contributed by atoms with Crippen molar-refractivity contribution in [3.8, 4) is 11.5 Å². The molecule has 0 radical (unpaired) electrons. The van der Waals surface area contributed by atoms with Crippen molar-refractivity contribution in [2.45, 2.75) is 25.7 Å². The van der Waals surface area contributed by atoms with Gasteiger partial charge < -0.3 is 31.5 Å². The molecule has 0 bridgehead atoms. The normalized spacial score (nSPS) is 20.3. The average Bonchev–Trinajstić information content (AvgIpc) is 3.40. The number of allylic oxidation sites excluding steroid dienone is 2. The van der Waals surface area contributed by atoms with Gasteiger partial charge in [-0.3, -0.25) is 19.2 Å². The highest BCUT2D eigenvalue weighted by molar-refractivity contribution is 6.27. The largest absolute Gasteiger partial charge is 0.504 e. The molecule has 2 heterocycles. The van der Waals surface area contributed by atoms with E-state index in [2.05, 4.69) is 21.3 Å². The summed E-state index contributed by atoms with van der Waals surface area (Å²) >= 11 is 0. The number of phenolic OH excluding ortho intramolecular Hbond substituents is 2. The lowest BCUT2D eigenvalue weighted by molar-refractivity contribution is -0.118. The summed E-state index contributed by atoms with van der Waals surface area (Å²) in [4.78, 5) is 47.9. The molecule has 142 valence electrons. The topological polar surface area (TPSA) is 157 Å². The first-order valence-electron chi connectivity index (χ1n) is 8.68. The van der Waals surface area contributed by atoms with Gasteiger partial charge >= 0.3 is 0 Å². The van der Waals surface area contributed by atoms with E-state index in [0.29, 0.717) is 0 Å². The van der Waals surface area contributed by atoms with Gasteiger partial charge in [-0.25, -0.2) is 0 Å². The predicted octanol–water partition coefficient (Wildman–Crippen LogP) is 1.06. The van der Waals surface area contributed by atoms with E-state index in [0.717, 1.165) is 0 Å². The molecule has 2 aliphatic heterocycles. The molecule has 1 aromatic rings. The summed E-state index contributed by atoms with van der Waals surface area (Å²) in [5.74, 6) is -1.66. The lowest BCUT2D eigenvalue weighted by Crippen LogP contribution is -2.13. The molecule has 0 aromatic heterocycles. The molecule has 5 rings (SSSR count). The first kappa shape index (κ1) is 16.4. The van der Waals surface area contributed by atoms with Gasteiger partial charge in [-0.2, -0.15) is 0 Å². The summed E-state index contributed by atoms with van der Waals surface area (Å²) in [5, 5.41) is 32.4. The van der Waals surface area contributed by atoms with Gasteiger partial charge in [0.05, 0.1) is 0 Å². The summed E-state index contributed by atoms with van der Waals surface area (Å²) in [5.41, 5.74) is 0.264. The second-order valence-corrected chi connectivity index (χ2v) is 6.89. The van der Waals surface area contributed by atoms with Gasteiger partial charge in [0.25, 0.3) is 0 Å². The lowest BCUT2D eigenvalue weighted by atomic mass is 10.1. The van der Waals surface area contributed by atoms with E-state index < -0.39 is 0 Å². The number of anilines is 4. The molecule has 1 aromatic carbocycles. The van der Waals surface area contributed by atoms with Crippen molar-refractivity contribution in [2.24, 2.45) is 0 Å². The molecular formula is C18H14N4O6. The minimum Gasteiger partial charge on any atom is -0.504 e. The third-order valence-corrected chi connectivity index (χ3v) is 5.22. The number of benzene rings is 1. The monoisotopic (exact) mass is 382 g/mol. The van der Waals surface area contributed by atoms with Crippen molar-refractivity contribution < 1.29 is 29.4 Å². The summed E-state index contributed by atoms with van der Waals surface area (Å²) in [6.07, 6.45) is 0.476. The summed E-state index contributed by atoms with van der Waals surface area (Å²) in [7, 11) is 0. The van der Waals surface area contributed by atoms with Crippen LogP contribution in [0.5, 0.6) is 11.5 Å². The van der Waals surface area contributed by atoms with Gasteiger partial charge in [-0.1, -0.05) is 0 Å². The number of carbonyl (C=O) groups is 4. The van der Waals surface area contributed by atoms with Gasteiger partial charge in [0.1, 0.15) is 45.5 Å². The van der Waals surface area contributed by atoms with E-state index in [1.54, 1.807) is 0 Å². The molecule has 2 saturated carbocycles. The number of fused-ring (bicyclic) bond motifs is 2. The fraction of sp³-hybridized carbons (Fsp3) is 0.222. The maximum absolute atomic E-state index is 12.0. The minimum atomic E-state index is -0.319. The third kappa shape index (κ3) is 2.02. The fourth-order valence-corrected chi connectivity index (χ4v) is 3.85. The van der Waals surface area contributed by atoms with Crippen molar-refractivity contribution in [3.63, 3.8) is 0 Å². The van der Waals surface area contributed by atoms with Crippen LogP contribution in [0.25, 0.3) is 0 Å². The second kappa shape index (κ2) is 5.35. The zero-order chi connectivity index (χ0) is 19.7. The van der Waals surface area contributed by atoms with Crippen molar-refractivity contribution in [1.29, 1.82) is 0 Å². The van der Waals surface area contributed by atoms with E-state index in [1.165, 1.54) is 0 Å².